The number of aromatic hydroxyl groups is 1. The number of nitrogens with one attached hydrogen (secondary N) is 1. The lowest BCUT2D eigenvalue weighted by atomic mass is 10.1. The summed E-state index contributed by atoms with van der Waals surface area (Å²) in [4.78, 5) is 4.67. The summed E-state index contributed by atoms with van der Waals surface area (Å²) in [5.74, 6) is 1.29. The highest BCUT2D eigenvalue weighted by Gasteiger charge is 2.27. The van der Waals surface area contributed by atoms with E-state index in [1.807, 2.05) is 48.5 Å². The fourth-order valence-electron chi connectivity index (χ4n) is 3.52. The third-order valence-corrected chi connectivity index (χ3v) is 7.08. The highest BCUT2D eigenvalue weighted by atomic mass is 79.9. The molecule has 2 N–H and O–H groups in total. The number of fused-ring (bicyclic) bond motifs is 3. The molecule has 2 heterocycles. The molecular weight excluding hydrogens is 540 g/mol. The molecule has 34 heavy (non-hydrogen) atoms. The lowest BCUT2D eigenvalue weighted by Crippen LogP contribution is -2.17. The molecule has 0 spiro atoms. The number of rotatable bonds is 5. The van der Waals surface area contributed by atoms with Crippen molar-refractivity contribution in [3.05, 3.63) is 81.3 Å². The van der Waals surface area contributed by atoms with E-state index in [9.17, 15) is 5.11 Å². The van der Waals surface area contributed by atoms with Gasteiger partial charge in [0.1, 0.15) is 0 Å². The van der Waals surface area contributed by atoms with Gasteiger partial charge >= 0.3 is 0 Å². The number of benzene rings is 3. The summed E-state index contributed by atoms with van der Waals surface area (Å²) >= 11 is 11.1. The van der Waals surface area contributed by atoms with Crippen LogP contribution in [0.4, 0.5) is 5.69 Å². The van der Waals surface area contributed by atoms with Gasteiger partial charge in [-0.05, 0) is 45.8 Å². The molecule has 0 saturated carbocycles. The Bertz CT molecular complexity index is 1370. The van der Waals surface area contributed by atoms with Crippen LogP contribution in [0.15, 0.2) is 70.3 Å². The number of hydrogen-bond donors (Lipinski definition) is 2. The van der Waals surface area contributed by atoms with Gasteiger partial charge in [-0.15, -0.1) is 10.2 Å². The van der Waals surface area contributed by atoms with Crippen molar-refractivity contribution in [2.45, 2.75) is 17.1 Å². The van der Waals surface area contributed by atoms with Crippen molar-refractivity contribution in [3.8, 4) is 28.6 Å². The Kier molecular flexibility index (Phi) is 6.49. The Labute approximate surface area is 213 Å². The van der Waals surface area contributed by atoms with Gasteiger partial charge in [0.2, 0.25) is 11.0 Å². The summed E-state index contributed by atoms with van der Waals surface area (Å²) < 4.78 is 12.1. The SMILES string of the molecule is COc1cc(C2Nc3ccccc3-c3nnc(SCc4ccccc4Cl)nc3O2)cc(Br)c1O. The number of phenolic OH excluding ortho intramolecular Hbond substituents is 1. The van der Waals surface area contributed by atoms with Crippen molar-refractivity contribution in [2.75, 3.05) is 12.4 Å². The fraction of sp³-hybridized carbons (Fsp3) is 0.125. The zero-order chi connectivity index (χ0) is 23.7. The Morgan fingerprint density at radius 2 is 1.94 bits per heavy atom. The van der Waals surface area contributed by atoms with Crippen molar-refractivity contribution < 1.29 is 14.6 Å². The zero-order valence-electron chi connectivity index (χ0n) is 17.8. The van der Waals surface area contributed by atoms with Crippen LogP contribution < -0.4 is 14.8 Å². The summed E-state index contributed by atoms with van der Waals surface area (Å²) in [7, 11) is 1.50. The minimum atomic E-state index is -0.619. The summed E-state index contributed by atoms with van der Waals surface area (Å²) in [5.41, 5.74) is 3.90. The minimum Gasteiger partial charge on any atom is -0.503 e. The second-order valence-electron chi connectivity index (χ2n) is 7.37. The Hall–Kier alpha value is -3.01. The van der Waals surface area contributed by atoms with Crippen LogP contribution >= 0.6 is 39.3 Å². The largest absolute Gasteiger partial charge is 0.503 e. The second-order valence-corrected chi connectivity index (χ2v) is 9.57. The first-order valence-corrected chi connectivity index (χ1v) is 12.4. The molecule has 0 fully saturated rings. The first-order valence-electron chi connectivity index (χ1n) is 10.2. The molecule has 3 aromatic carbocycles. The van der Waals surface area contributed by atoms with Gasteiger partial charge in [0, 0.05) is 27.6 Å². The van der Waals surface area contributed by atoms with Crippen LogP contribution in [-0.2, 0) is 5.75 Å². The van der Waals surface area contributed by atoms with E-state index >= 15 is 0 Å². The van der Waals surface area contributed by atoms with Gasteiger partial charge in [0.05, 0.1) is 11.6 Å². The summed E-state index contributed by atoms with van der Waals surface area (Å²) in [6.45, 7) is 0. The summed E-state index contributed by atoms with van der Waals surface area (Å²) in [6.07, 6.45) is -0.619. The van der Waals surface area contributed by atoms with Gasteiger partial charge in [-0.25, -0.2) is 0 Å². The smallest absolute Gasteiger partial charge is 0.247 e. The van der Waals surface area contributed by atoms with Gasteiger partial charge in [0.25, 0.3) is 0 Å². The quantitative estimate of drug-likeness (QED) is 0.270. The van der Waals surface area contributed by atoms with Crippen molar-refractivity contribution in [1.29, 1.82) is 0 Å². The molecular formula is C24H18BrClN4O3S. The molecule has 1 aliphatic heterocycles. The molecule has 172 valence electrons. The van der Waals surface area contributed by atoms with E-state index in [0.29, 0.717) is 37.7 Å². The highest BCUT2D eigenvalue weighted by molar-refractivity contribution is 9.10. The standard InChI is InChI=1S/C24H18BrClN4O3S/c1-32-19-11-14(10-16(25)21(19)31)22-27-18-9-5-3-7-15(18)20-23(33-22)28-24(30-29-20)34-12-13-6-2-4-8-17(13)26/h2-11,22,27,31H,12H2,1H3. The van der Waals surface area contributed by atoms with Crippen LogP contribution in [0.1, 0.15) is 17.4 Å². The van der Waals surface area contributed by atoms with Gasteiger partial charge in [-0.1, -0.05) is 59.8 Å². The van der Waals surface area contributed by atoms with Crippen molar-refractivity contribution in [1.82, 2.24) is 15.2 Å². The molecule has 1 aliphatic rings. The molecule has 0 amide bonds. The molecule has 4 aromatic rings. The van der Waals surface area contributed by atoms with Crippen molar-refractivity contribution in [3.63, 3.8) is 0 Å². The molecule has 0 bridgehead atoms. The molecule has 1 atom stereocenters. The Balaban J connectivity index is 1.52. The fourth-order valence-corrected chi connectivity index (χ4v) is 5.04. The van der Waals surface area contributed by atoms with Crippen LogP contribution in [0.2, 0.25) is 5.02 Å². The maximum Gasteiger partial charge on any atom is 0.247 e. The van der Waals surface area contributed by atoms with Gasteiger partial charge in [0.15, 0.2) is 23.4 Å². The average Bonchev–Trinajstić information content (AvgIpc) is 3.01. The third-order valence-electron chi connectivity index (χ3n) is 5.22. The average molecular weight is 558 g/mol. The van der Waals surface area contributed by atoms with E-state index < -0.39 is 6.23 Å². The van der Waals surface area contributed by atoms with Gasteiger partial charge in [-0.2, -0.15) is 4.98 Å². The Morgan fingerprint density at radius 3 is 2.76 bits per heavy atom. The number of hydrogen-bond acceptors (Lipinski definition) is 8. The third kappa shape index (κ3) is 4.51. The molecule has 0 radical (unpaired) electrons. The molecule has 0 saturated heterocycles. The van der Waals surface area contributed by atoms with E-state index in [1.54, 1.807) is 12.1 Å². The Morgan fingerprint density at radius 1 is 1.15 bits per heavy atom. The van der Waals surface area contributed by atoms with Gasteiger partial charge < -0.3 is 19.9 Å². The summed E-state index contributed by atoms with van der Waals surface area (Å²) in [6, 6.07) is 18.9. The summed E-state index contributed by atoms with van der Waals surface area (Å²) in [5, 5.41) is 23.5. The molecule has 7 nitrogen and oxygen atoms in total. The lowest BCUT2D eigenvalue weighted by molar-refractivity contribution is 0.224. The lowest BCUT2D eigenvalue weighted by Gasteiger charge is -2.20. The number of halogens is 2. The zero-order valence-corrected chi connectivity index (χ0v) is 21.0. The number of para-hydroxylation sites is 1. The number of anilines is 1. The minimum absolute atomic E-state index is 0.0166. The first-order chi connectivity index (χ1) is 16.5. The number of thioether (sulfide) groups is 1. The predicted molar refractivity (Wildman–Crippen MR) is 136 cm³/mol. The van der Waals surface area contributed by atoms with Crippen LogP contribution in [-0.4, -0.2) is 27.4 Å². The van der Waals surface area contributed by atoms with Crippen LogP contribution in [0.3, 0.4) is 0 Å². The predicted octanol–water partition coefficient (Wildman–Crippen LogP) is 6.46. The number of aromatic nitrogens is 3. The van der Waals surface area contributed by atoms with E-state index in [0.717, 1.165) is 22.4 Å². The van der Waals surface area contributed by atoms with Crippen LogP contribution in [0.5, 0.6) is 17.4 Å². The van der Waals surface area contributed by atoms with Crippen molar-refractivity contribution in [2.24, 2.45) is 0 Å². The van der Waals surface area contributed by atoms with E-state index in [1.165, 1.54) is 18.9 Å². The monoisotopic (exact) mass is 556 g/mol. The number of phenols is 1. The van der Waals surface area contributed by atoms with E-state index in [4.69, 9.17) is 21.1 Å². The topological polar surface area (TPSA) is 89.4 Å². The molecule has 5 rings (SSSR count). The molecule has 0 aliphatic carbocycles. The van der Waals surface area contributed by atoms with Crippen LogP contribution in [0.25, 0.3) is 11.3 Å². The normalized spacial score (nSPS) is 14.3. The number of methoxy groups -OCH3 is 1. The first kappa shape index (κ1) is 22.8. The van der Waals surface area contributed by atoms with Crippen molar-refractivity contribution >= 4 is 45.0 Å². The molecule has 1 unspecified atom stereocenters. The number of ether oxygens (including phenoxy) is 2. The number of nitrogens with zero attached hydrogens (tertiary/aromatic N) is 3. The maximum atomic E-state index is 10.2. The van der Waals surface area contributed by atoms with E-state index in [2.05, 4.69) is 36.4 Å². The highest BCUT2D eigenvalue weighted by Crippen LogP contribution is 2.42. The van der Waals surface area contributed by atoms with Crippen LogP contribution in [0, 0.1) is 0 Å². The maximum absolute atomic E-state index is 10.2. The molecule has 10 heteroatoms. The molecule has 1 aromatic heterocycles. The van der Waals surface area contributed by atoms with E-state index in [-0.39, 0.29) is 5.75 Å². The second kappa shape index (κ2) is 9.69. The van der Waals surface area contributed by atoms with Gasteiger partial charge in [-0.3, -0.25) is 0 Å².